The smallest absolute Gasteiger partial charge is 0.240 e. The summed E-state index contributed by atoms with van der Waals surface area (Å²) >= 11 is 0. The van der Waals surface area contributed by atoms with Crippen LogP contribution in [0.5, 0.6) is 0 Å². The molecule has 1 rings (SSSR count). The van der Waals surface area contributed by atoms with E-state index >= 15 is 0 Å². The number of carbonyl (C=O) groups excluding carboxylic acids is 1. The molecule has 19 heavy (non-hydrogen) atoms. The quantitative estimate of drug-likeness (QED) is 0.880. The molecule has 0 aliphatic carbocycles. The summed E-state index contributed by atoms with van der Waals surface area (Å²) in [6.45, 7) is 8.07. The van der Waals surface area contributed by atoms with Gasteiger partial charge in [0.1, 0.15) is 5.41 Å². The standard InChI is InChI=1S/C16H22N2O/c1-5-12(2)14-8-6-13(7-9-14)10-18-15(19)16(3,4)11-17/h6-9,12H,5,10H2,1-4H3,(H,18,19). The number of rotatable bonds is 5. The molecule has 1 amide bonds. The van der Waals surface area contributed by atoms with Gasteiger partial charge in [0, 0.05) is 6.54 Å². The lowest BCUT2D eigenvalue weighted by Crippen LogP contribution is -2.35. The molecule has 1 atom stereocenters. The lowest BCUT2D eigenvalue weighted by molar-refractivity contribution is -0.126. The number of benzene rings is 1. The molecule has 1 unspecified atom stereocenters. The molecule has 3 heteroatoms. The molecule has 1 aromatic carbocycles. The lowest BCUT2D eigenvalue weighted by atomic mass is 9.94. The van der Waals surface area contributed by atoms with E-state index in [1.165, 1.54) is 5.56 Å². The monoisotopic (exact) mass is 258 g/mol. The number of amides is 1. The van der Waals surface area contributed by atoms with Crippen LogP contribution in [0.25, 0.3) is 0 Å². The SMILES string of the molecule is CCC(C)c1ccc(CNC(=O)C(C)(C)C#N)cc1. The van der Waals surface area contributed by atoms with E-state index in [1.807, 2.05) is 18.2 Å². The molecule has 0 aliphatic heterocycles. The maximum absolute atomic E-state index is 11.8. The van der Waals surface area contributed by atoms with Crippen molar-refractivity contribution in [3.05, 3.63) is 35.4 Å². The molecule has 0 heterocycles. The number of nitrogens with one attached hydrogen (secondary N) is 1. The van der Waals surface area contributed by atoms with Crippen LogP contribution in [-0.2, 0) is 11.3 Å². The van der Waals surface area contributed by atoms with Crippen molar-refractivity contribution >= 4 is 5.91 Å². The highest BCUT2D eigenvalue weighted by atomic mass is 16.2. The summed E-state index contributed by atoms with van der Waals surface area (Å²) < 4.78 is 0. The minimum atomic E-state index is -0.976. The largest absolute Gasteiger partial charge is 0.351 e. The summed E-state index contributed by atoms with van der Waals surface area (Å²) in [5, 5.41) is 11.7. The summed E-state index contributed by atoms with van der Waals surface area (Å²) in [7, 11) is 0. The third-order valence-corrected chi connectivity index (χ3v) is 3.46. The predicted molar refractivity (Wildman–Crippen MR) is 76.4 cm³/mol. The van der Waals surface area contributed by atoms with Gasteiger partial charge in [-0.15, -0.1) is 0 Å². The summed E-state index contributed by atoms with van der Waals surface area (Å²) in [6.07, 6.45) is 1.12. The molecule has 0 bridgehead atoms. The zero-order chi connectivity index (χ0) is 14.5. The highest BCUT2D eigenvalue weighted by Crippen LogP contribution is 2.19. The Morgan fingerprint density at radius 3 is 2.42 bits per heavy atom. The van der Waals surface area contributed by atoms with Crippen LogP contribution in [0.4, 0.5) is 0 Å². The van der Waals surface area contributed by atoms with Gasteiger partial charge in [-0.3, -0.25) is 4.79 Å². The number of nitrogens with zero attached hydrogens (tertiary/aromatic N) is 1. The van der Waals surface area contributed by atoms with Crippen molar-refractivity contribution < 1.29 is 4.79 Å². The van der Waals surface area contributed by atoms with E-state index in [0.717, 1.165) is 12.0 Å². The fraction of sp³-hybridized carbons (Fsp3) is 0.500. The molecule has 1 aromatic rings. The fourth-order valence-corrected chi connectivity index (χ4v) is 1.65. The maximum Gasteiger partial charge on any atom is 0.240 e. The Bertz CT molecular complexity index is 469. The van der Waals surface area contributed by atoms with Gasteiger partial charge in [-0.2, -0.15) is 5.26 Å². The molecule has 1 N–H and O–H groups in total. The average molecular weight is 258 g/mol. The first-order chi connectivity index (χ1) is 8.90. The van der Waals surface area contributed by atoms with Crippen molar-refractivity contribution in [2.75, 3.05) is 0 Å². The minimum absolute atomic E-state index is 0.235. The van der Waals surface area contributed by atoms with E-state index in [4.69, 9.17) is 5.26 Å². The molecule has 0 aromatic heterocycles. The Morgan fingerprint density at radius 1 is 1.37 bits per heavy atom. The second-order valence-corrected chi connectivity index (χ2v) is 5.47. The molecule has 102 valence electrons. The Balaban J connectivity index is 2.60. The number of nitriles is 1. The van der Waals surface area contributed by atoms with Gasteiger partial charge in [0.15, 0.2) is 0 Å². The molecular formula is C16H22N2O. The highest BCUT2D eigenvalue weighted by molar-refractivity contribution is 5.84. The van der Waals surface area contributed by atoms with Crippen LogP contribution in [0, 0.1) is 16.7 Å². The van der Waals surface area contributed by atoms with Crippen molar-refractivity contribution in [2.45, 2.75) is 46.6 Å². The van der Waals surface area contributed by atoms with Gasteiger partial charge in [0.25, 0.3) is 0 Å². The van der Waals surface area contributed by atoms with E-state index in [0.29, 0.717) is 12.5 Å². The van der Waals surface area contributed by atoms with Gasteiger partial charge >= 0.3 is 0 Å². The van der Waals surface area contributed by atoms with Crippen LogP contribution in [-0.4, -0.2) is 5.91 Å². The fourth-order valence-electron chi connectivity index (χ4n) is 1.65. The van der Waals surface area contributed by atoms with Gasteiger partial charge in [0.05, 0.1) is 6.07 Å². The van der Waals surface area contributed by atoms with Crippen molar-refractivity contribution in [1.29, 1.82) is 5.26 Å². The topological polar surface area (TPSA) is 52.9 Å². The second-order valence-electron chi connectivity index (χ2n) is 5.47. The van der Waals surface area contributed by atoms with Crippen LogP contribution >= 0.6 is 0 Å². The predicted octanol–water partition coefficient (Wildman–Crippen LogP) is 3.37. The zero-order valence-electron chi connectivity index (χ0n) is 12.2. The molecule has 0 spiro atoms. The van der Waals surface area contributed by atoms with Crippen LogP contribution in [0.15, 0.2) is 24.3 Å². The Kier molecular flexibility index (Phi) is 5.11. The second kappa shape index (κ2) is 6.38. The number of carbonyl (C=O) groups is 1. The van der Waals surface area contributed by atoms with Crippen molar-refractivity contribution in [2.24, 2.45) is 5.41 Å². The van der Waals surface area contributed by atoms with Crippen LogP contribution in [0.3, 0.4) is 0 Å². The van der Waals surface area contributed by atoms with Crippen molar-refractivity contribution in [3.63, 3.8) is 0 Å². The Hall–Kier alpha value is -1.82. The molecule has 0 saturated carbocycles. The first-order valence-electron chi connectivity index (χ1n) is 6.69. The van der Waals surface area contributed by atoms with Gasteiger partial charge in [-0.05, 0) is 37.3 Å². The Labute approximate surface area is 115 Å². The van der Waals surface area contributed by atoms with Gasteiger partial charge in [0.2, 0.25) is 5.91 Å². The molecular weight excluding hydrogens is 236 g/mol. The third-order valence-electron chi connectivity index (χ3n) is 3.46. The first kappa shape index (κ1) is 15.2. The van der Waals surface area contributed by atoms with Gasteiger partial charge in [-0.1, -0.05) is 38.1 Å². The van der Waals surface area contributed by atoms with Crippen molar-refractivity contribution in [3.8, 4) is 6.07 Å². The van der Waals surface area contributed by atoms with E-state index in [1.54, 1.807) is 13.8 Å². The Morgan fingerprint density at radius 2 is 1.95 bits per heavy atom. The molecule has 0 saturated heterocycles. The van der Waals surface area contributed by atoms with Crippen LogP contribution in [0.1, 0.15) is 51.2 Å². The van der Waals surface area contributed by atoms with E-state index in [-0.39, 0.29) is 5.91 Å². The average Bonchev–Trinajstić information content (AvgIpc) is 2.44. The van der Waals surface area contributed by atoms with E-state index in [9.17, 15) is 4.79 Å². The van der Waals surface area contributed by atoms with Crippen LogP contribution < -0.4 is 5.32 Å². The number of hydrogen-bond acceptors (Lipinski definition) is 2. The first-order valence-corrected chi connectivity index (χ1v) is 6.69. The molecule has 3 nitrogen and oxygen atoms in total. The minimum Gasteiger partial charge on any atom is -0.351 e. The summed E-state index contributed by atoms with van der Waals surface area (Å²) in [5.74, 6) is 0.321. The molecule has 0 aliphatic rings. The van der Waals surface area contributed by atoms with Crippen LogP contribution in [0.2, 0.25) is 0 Å². The van der Waals surface area contributed by atoms with E-state index < -0.39 is 5.41 Å². The molecule has 0 radical (unpaired) electrons. The van der Waals surface area contributed by atoms with E-state index in [2.05, 4.69) is 31.3 Å². The summed E-state index contributed by atoms with van der Waals surface area (Å²) in [4.78, 5) is 11.8. The van der Waals surface area contributed by atoms with Crippen molar-refractivity contribution in [1.82, 2.24) is 5.32 Å². The lowest BCUT2D eigenvalue weighted by Gasteiger charge is -2.15. The summed E-state index contributed by atoms with van der Waals surface area (Å²) in [5.41, 5.74) is 1.39. The summed E-state index contributed by atoms with van der Waals surface area (Å²) in [6, 6.07) is 10.3. The number of hydrogen-bond donors (Lipinski definition) is 1. The zero-order valence-corrected chi connectivity index (χ0v) is 12.2. The highest BCUT2D eigenvalue weighted by Gasteiger charge is 2.26. The van der Waals surface area contributed by atoms with Gasteiger partial charge in [-0.25, -0.2) is 0 Å². The van der Waals surface area contributed by atoms with Gasteiger partial charge < -0.3 is 5.32 Å². The normalized spacial score (nSPS) is 12.6. The maximum atomic E-state index is 11.8. The molecule has 0 fully saturated rings. The third kappa shape index (κ3) is 4.10.